The molecule has 0 unspecified atom stereocenters. The molecule has 0 radical (unpaired) electrons. The molecule has 4 rings (SSSR count). The lowest BCUT2D eigenvalue weighted by Gasteiger charge is -1.97. The number of hydrogen-bond acceptors (Lipinski definition) is 2. The van der Waals surface area contributed by atoms with Gasteiger partial charge in [0.05, 0.1) is 0 Å². The van der Waals surface area contributed by atoms with Gasteiger partial charge in [-0.3, -0.25) is 4.79 Å². The Kier molecular flexibility index (Phi) is 3.40. The van der Waals surface area contributed by atoms with Crippen LogP contribution in [0.5, 0.6) is 0 Å². The van der Waals surface area contributed by atoms with E-state index in [0.29, 0.717) is 17.2 Å². The number of hydrogen-bond donors (Lipinski definition) is 0. The molecule has 0 N–H and O–H groups in total. The molecule has 3 heteroatoms. The number of rotatable bonds is 2. The lowest BCUT2D eigenvalue weighted by molar-refractivity contribution is 0.104. The minimum Gasteiger partial charge on any atom is -0.457 e. The van der Waals surface area contributed by atoms with Crippen LogP contribution in [0.25, 0.3) is 17.4 Å². The molecule has 112 valence electrons. The second-order valence-electron chi connectivity index (χ2n) is 5.54. The molecule has 2 aromatic carbocycles. The van der Waals surface area contributed by atoms with Crippen molar-refractivity contribution in [2.24, 2.45) is 0 Å². The molecule has 1 heterocycles. The van der Waals surface area contributed by atoms with E-state index in [4.69, 9.17) is 16.0 Å². The minimum atomic E-state index is 0.0880. The van der Waals surface area contributed by atoms with Crippen molar-refractivity contribution in [1.82, 2.24) is 0 Å². The van der Waals surface area contributed by atoms with Crippen LogP contribution in [-0.2, 0) is 6.42 Å². The van der Waals surface area contributed by atoms with E-state index in [9.17, 15) is 4.79 Å². The van der Waals surface area contributed by atoms with E-state index in [0.717, 1.165) is 28.0 Å². The molecule has 1 aliphatic rings. The van der Waals surface area contributed by atoms with Crippen LogP contribution >= 0.6 is 11.6 Å². The largest absolute Gasteiger partial charge is 0.457 e. The summed E-state index contributed by atoms with van der Waals surface area (Å²) < 4.78 is 5.85. The Morgan fingerprint density at radius 2 is 1.74 bits per heavy atom. The smallest absolute Gasteiger partial charge is 0.189 e. The molecular formula is C20H13ClO2. The van der Waals surface area contributed by atoms with Gasteiger partial charge in [-0.1, -0.05) is 35.9 Å². The molecular weight excluding hydrogens is 308 g/mol. The summed E-state index contributed by atoms with van der Waals surface area (Å²) in [7, 11) is 0. The van der Waals surface area contributed by atoms with Crippen molar-refractivity contribution in [2.45, 2.75) is 6.42 Å². The molecule has 0 fully saturated rings. The third kappa shape index (κ3) is 2.62. The van der Waals surface area contributed by atoms with Crippen LogP contribution in [0.3, 0.4) is 0 Å². The Morgan fingerprint density at radius 1 is 0.957 bits per heavy atom. The molecule has 0 saturated carbocycles. The van der Waals surface area contributed by atoms with Crippen molar-refractivity contribution in [2.75, 3.05) is 0 Å². The molecule has 0 saturated heterocycles. The average molecular weight is 321 g/mol. The van der Waals surface area contributed by atoms with Crippen molar-refractivity contribution >= 4 is 23.5 Å². The van der Waals surface area contributed by atoms with E-state index in [-0.39, 0.29) is 5.78 Å². The zero-order valence-electron chi connectivity index (χ0n) is 12.3. The van der Waals surface area contributed by atoms with Gasteiger partial charge in [-0.2, -0.15) is 0 Å². The molecule has 0 spiro atoms. The summed E-state index contributed by atoms with van der Waals surface area (Å²) in [5.74, 6) is 1.53. The quantitative estimate of drug-likeness (QED) is 0.590. The van der Waals surface area contributed by atoms with Gasteiger partial charge in [0, 0.05) is 28.1 Å². The van der Waals surface area contributed by atoms with Crippen LogP contribution in [0, 0.1) is 0 Å². The van der Waals surface area contributed by atoms with E-state index in [1.54, 1.807) is 0 Å². The zero-order chi connectivity index (χ0) is 15.8. The number of benzene rings is 2. The lowest BCUT2D eigenvalue weighted by atomic mass is 10.1. The van der Waals surface area contributed by atoms with Crippen LogP contribution in [0.15, 0.2) is 70.7 Å². The van der Waals surface area contributed by atoms with Crippen molar-refractivity contribution in [3.8, 4) is 11.3 Å². The zero-order valence-corrected chi connectivity index (χ0v) is 13.0. The molecule has 0 bridgehead atoms. The van der Waals surface area contributed by atoms with Crippen LogP contribution < -0.4 is 0 Å². The van der Waals surface area contributed by atoms with Gasteiger partial charge >= 0.3 is 0 Å². The predicted octanol–water partition coefficient (Wildman–Crippen LogP) is 5.42. The van der Waals surface area contributed by atoms with Gasteiger partial charge in [0.25, 0.3) is 0 Å². The molecule has 23 heavy (non-hydrogen) atoms. The van der Waals surface area contributed by atoms with Gasteiger partial charge in [0.2, 0.25) is 0 Å². The SMILES string of the molecule is O=C1/C(=C/c2ccc(-c3ccc(Cl)cc3)o2)Cc2ccccc21. The number of ketones is 1. The normalized spacial score (nSPS) is 15.2. The maximum Gasteiger partial charge on any atom is 0.189 e. The molecule has 0 atom stereocenters. The van der Waals surface area contributed by atoms with Crippen LogP contribution in [-0.4, -0.2) is 5.78 Å². The van der Waals surface area contributed by atoms with Crippen LogP contribution in [0.1, 0.15) is 21.7 Å². The summed E-state index contributed by atoms with van der Waals surface area (Å²) in [6.07, 6.45) is 2.49. The fourth-order valence-corrected chi connectivity index (χ4v) is 2.97. The first-order chi connectivity index (χ1) is 11.2. The van der Waals surface area contributed by atoms with Gasteiger partial charge in [-0.05, 0) is 48.0 Å². The number of furan rings is 1. The van der Waals surface area contributed by atoms with E-state index in [1.807, 2.05) is 66.7 Å². The number of Topliss-reactive ketones (excluding diaryl/α,β-unsaturated/α-hetero) is 1. The Bertz CT molecular complexity index is 917. The van der Waals surface area contributed by atoms with Crippen molar-refractivity contribution < 1.29 is 9.21 Å². The Balaban J connectivity index is 1.64. The fourth-order valence-electron chi connectivity index (χ4n) is 2.84. The summed E-state index contributed by atoms with van der Waals surface area (Å²) in [6.45, 7) is 0. The maximum atomic E-state index is 12.4. The second-order valence-corrected chi connectivity index (χ2v) is 5.98. The van der Waals surface area contributed by atoms with Gasteiger partial charge < -0.3 is 4.42 Å². The topological polar surface area (TPSA) is 30.2 Å². The predicted molar refractivity (Wildman–Crippen MR) is 91.6 cm³/mol. The summed E-state index contributed by atoms with van der Waals surface area (Å²) in [6, 6.07) is 19.0. The third-order valence-electron chi connectivity index (χ3n) is 4.01. The number of allylic oxidation sites excluding steroid dienone is 1. The lowest BCUT2D eigenvalue weighted by Crippen LogP contribution is -1.94. The fraction of sp³-hybridized carbons (Fsp3) is 0.0500. The van der Waals surface area contributed by atoms with Crippen LogP contribution in [0.2, 0.25) is 5.02 Å². The van der Waals surface area contributed by atoms with E-state index in [2.05, 4.69) is 0 Å². The Hall–Kier alpha value is -2.58. The summed E-state index contributed by atoms with van der Waals surface area (Å²) in [5.41, 5.74) is 3.60. The number of fused-ring (bicyclic) bond motifs is 1. The second kappa shape index (κ2) is 5.56. The number of halogens is 1. The standard InChI is InChI=1S/C20H13ClO2/c21-16-7-5-13(6-8-16)19-10-9-17(23-19)12-15-11-14-3-1-2-4-18(14)20(15)22/h1-10,12H,11H2/b15-12+. The van der Waals surface area contributed by atoms with E-state index in [1.165, 1.54) is 0 Å². The van der Waals surface area contributed by atoms with E-state index >= 15 is 0 Å². The first-order valence-corrected chi connectivity index (χ1v) is 7.77. The molecule has 0 amide bonds. The highest BCUT2D eigenvalue weighted by Gasteiger charge is 2.24. The summed E-state index contributed by atoms with van der Waals surface area (Å²) in [4.78, 5) is 12.4. The summed E-state index contributed by atoms with van der Waals surface area (Å²) >= 11 is 5.90. The van der Waals surface area contributed by atoms with Crippen molar-refractivity contribution in [3.05, 3.63) is 88.1 Å². The van der Waals surface area contributed by atoms with Gasteiger partial charge in [0.15, 0.2) is 5.78 Å². The number of carbonyl (C=O) groups excluding carboxylic acids is 1. The van der Waals surface area contributed by atoms with Crippen molar-refractivity contribution in [1.29, 1.82) is 0 Å². The molecule has 3 aromatic rings. The highest BCUT2D eigenvalue weighted by Crippen LogP contribution is 2.29. The number of carbonyl (C=O) groups is 1. The average Bonchev–Trinajstić information content (AvgIpc) is 3.15. The molecule has 1 aliphatic carbocycles. The highest BCUT2D eigenvalue weighted by molar-refractivity contribution is 6.30. The van der Waals surface area contributed by atoms with Gasteiger partial charge in [0.1, 0.15) is 11.5 Å². The van der Waals surface area contributed by atoms with E-state index < -0.39 is 0 Å². The highest BCUT2D eigenvalue weighted by atomic mass is 35.5. The molecule has 1 aromatic heterocycles. The van der Waals surface area contributed by atoms with Gasteiger partial charge in [-0.25, -0.2) is 0 Å². The van der Waals surface area contributed by atoms with Crippen LogP contribution in [0.4, 0.5) is 0 Å². The monoisotopic (exact) mass is 320 g/mol. The van der Waals surface area contributed by atoms with Gasteiger partial charge in [-0.15, -0.1) is 0 Å². The molecule has 2 nitrogen and oxygen atoms in total. The first kappa shape index (κ1) is 14.0. The minimum absolute atomic E-state index is 0.0880. The maximum absolute atomic E-state index is 12.4. The Labute approximate surface area is 139 Å². The third-order valence-corrected chi connectivity index (χ3v) is 4.26. The van der Waals surface area contributed by atoms with Crippen molar-refractivity contribution in [3.63, 3.8) is 0 Å². The first-order valence-electron chi connectivity index (χ1n) is 7.40. The summed E-state index contributed by atoms with van der Waals surface area (Å²) in [5, 5.41) is 0.692. The Morgan fingerprint density at radius 3 is 2.52 bits per heavy atom. The molecule has 0 aliphatic heterocycles.